The molecule has 0 aliphatic rings. The van der Waals surface area contributed by atoms with Crippen LogP contribution in [0.3, 0.4) is 0 Å². The molecule has 0 bridgehead atoms. The molecule has 0 radical (unpaired) electrons. The lowest BCUT2D eigenvalue weighted by molar-refractivity contribution is 0.411. The molecule has 0 amide bonds. The predicted molar refractivity (Wildman–Crippen MR) is 64.0 cm³/mol. The molecule has 2 heterocycles. The van der Waals surface area contributed by atoms with E-state index in [0.717, 1.165) is 30.1 Å². The third kappa shape index (κ3) is 2.33. The number of likely N-dealkylation sites (N-methyl/N-ethyl adjacent to an activating group) is 1. The molecule has 86 valence electrons. The second kappa shape index (κ2) is 4.53. The first-order valence-electron chi connectivity index (χ1n) is 5.35. The lowest BCUT2D eigenvalue weighted by atomic mass is 10.3. The average Bonchev–Trinajstić information content (AvgIpc) is 2.67. The van der Waals surface area contributed by atoms with E-state index in [1.165, 1.54) is 0 Å². The van der Waals surface area contributed by atoms with Crippen molar-refractivity contribution in [1.82, 2.24) is 14.3 Å². The fourth-order valence-electron chi connectivity index (χ4n) is 1.60. The zero-order valence-electron chi connectivity index (χ0n) is 9.97. The number of nitrogens with zero attached hydrogens (tertiary/aromatic N) is 3. The number of methoxy groups -OCH3 is 1. The van der Waals surface area contributed by atoms with Crippen LogP contribution in [0.4, 0.5) is 0 Å². The highest BCUT2D eigenvalue weighted by Crippen LogP contribution is 2.13. The quantitative estimate of drug-likeness (QED) is 0.779. The molecule has 16 heavy (non-hydrogen) atoms. The summed E-state index contributed by atoms with van der Waals surface area (Å²) in [5, 5.41) is 0. The summed E-state index contributed by atoms with van der Waals surface area (Å²) in [6.45, 7) is 1.01. The molecule has 0 spiro atoms. The summed E-state index contributed by atoms with van der Waals surface area (Å²) in [5.74, 6) is 0.851. The molecular formula is C12H17N3O. The van der Waals surface area contributed by atoms with Crippen molar-refractivity contribution in [3.63, 3.8) is 0 Å². The van der Waals surface area contributed by atoms with Gasteiger partial charge in [-0.25, -0.2) is 4.98 Å². The molecule has 2 aromatic heterocycles. The summed E-state index contributed by atoms with van der Waals surface area (Å²) in [4.78, 5) is 6.70. The Hall–Kier alpha value is -1.55. The molecule has 2 aromatic rings. The van der Waals surface area contributed by atoms with Gasteiger partial charge in [-0.2, -0.15) is 0 Å². The van der Waals surface area contributed by atoms with Gasteiger partial charge in [0.05, 0.1) is 19.0 Å². The third-order valence-electron chi connectivity index (χ3n) is 2.52. The van der Waals surface area contributed by atoms with Crippen molar-refractivity contribution in [3.05, 3.63) is 30.2 Å². The van der Waals surface area contributed by atoms with Gasteiger partial charge in [0.15, 0.2) is 0 Å². The van der Waals surface area contributed by atoms with E-state index < -0.39 is 0 Å². The normalized spacial score (nSPS) is 11.2. The van der Waals surface area contributed by atoms with Crippen molar-refractivity contribution < 1.29 is 4.74 Å². The number of fused-ring (bicyclic) bond motifs is 1. The largest absolute Gasteiger partial charge is 0.495 e. The van der Waals surface area contributed by atoms with E-state index in [2.05, 4.69) is 30.2 Å². The Morgan fingerprint density at radius 3 is 2.81 bits per heavy atom. The fourth-order valence-corrected chi connectivity index (χ4v) is 1.60. The van der Waals surface area contributed by atoms with Gasteiger partial charge in [-0.3, -0.25) is 0 Å². The topological polar surface area (TPSA) is 29.8 Å². The zero-order chi connectivity index (χ0) is 11.5. The van der Waals surface area contributed by atoms with Crippen molar-refractivity contribution in [2.24, 2.45) is 0 Å². The maximum atomic E-state index is 5.17. The molecular weight excluding hydrogens is 202 g/mol. The minimum Gasteiger partial charge on any atom is -0.495 e. The molecule has 0 aliphatic carbocycles. The van der Waals surface area contributed by atoms with E-state index in [1.54, 1.807) is 7.11 Å². The van der Waals surface area contributed by atoms with E-state index in [1.807, 2.05) is 22.7 Å². The van der Waals surface area contributed by atoms with Crippen LogP contribution in [0.1, 0.15) is 5.69 Å². The standard InChI is InChI=1S/C12H17N3O/c1-14(2)7-6-10-8-15-9-11(16-3)4-5-12(15)13-10/h4-5,8-9H,6-7H2,1-3H3. The fraction of sp³-hybridized carbons (Fsp3) is 0.417. The molecule has 0 aliphatic heterocycles. The number of hydrogen-bond acceptors (Lipinski definition) is 3. The Labute approximate surface area is 95.5 Å². The third-order valence-corrected chi connectivity index (χ3v) is 2.52. The molecule has 4 heteroatoms. The molecule has 4 nitrogen and oxygen atoms in total. The highest BCUT2D eigenvalue weighted by atomic mass is 16.5. The molecule has 0 aromatic carbocycles. The maximum Gasteiger partial charge on any atom is 0.137 e. The first-order valence-corrected chi connectivity index (χ1v) is 5.35. The molecule has 0 N–H and O–H groups in total. The SMILES string of the molecule is COc1ccc2nc(CCN(C)C)cn2c1. The molecule has 2 rings (SSSR count). The lowest BCUT2D eigenvalue weighted by Gasteiger charge is -2.06. The van der Waals surface area contributed by atoms with Crippen LogP contribution in [-0.4, -0.2) is 42.0 Å². The summed E-state index contributed by atoms with van der Waals surface area (Å²) in [7, 11) is 5.81. The zero-order valence-corrected chi connectivity index (χ0v) is 9.97. The van der Waals surface area contributed by atoms with E-state index in [0.29, 0.717) is 0 Å². The van der Waals surface area contributed by atoms with E-state index in [4.69, 9.17) is 4.74 Å². The van der Waals surface area contributed by atoms with Crippen molar-refractivity contribution in [3.8, 4) is 5.75 Å². The maximum absolute atomic E-state index is 5.17. The Kier molecular flexibility index (Phi) is 3.10. The van der Waals surface area contributed by atoms with E-state index >= 15 is 0 Å². The highest BCUT2D eigenvalue weighted by molar-refractivity contribution is 5.43. The summed E-state index contributed by atoms with van der Waals surface area (Å²) in [6.07, 6.45) is 4.97. The Morgan fingerprint density at radius 2 is 2.12 bits per heavy atom. The number of hydrogen-bond donors (Lipinski definition) is 0. The smallest absolute Gasteiger partial charge is 0.137 e. The van der Waals surface area contributed by atoms with Gasteiger partial charge < -0.3 is 14.0 Å². The van der Waals surface area contributed by atoms with E-state index in [9.17, 15) is 0 Å². The van der Waals surface area contributed by atoms with Crippen LogP contribution in [0.15, 0.2) is 24.5 Å². The number of pyridine rings is 1. The summed E-state index contributed by atoms with van der Waals surface area (Å²) in [6, 6.07) is 3.90. The lowest BCUT2D eigenvalue weighted by Crippen LogP contribution is -2.15. The van der Waals surface area contributed by atoms with Crippen LogP contribution in [0.25, 0.3) is 5.65 Å². The highest BCUT2D eigenvalue weighted by Gasteiger charge is 2.02. The monoisotopic (exact) mass is 219 g/mol. The summed E-state index contributed by atoms with van der Waals surface area (Å²) < 4.78 is 7.18. The van der Waals surface area contributed by atoms with Crippen molar-refractivity contribution in [2.45, 2.75) is 6.42 Å². The van der Waals surface area contributed by atoms with Gasteiger partial charge in [0.1, 0.15) is 11.4 Å². The van der Waals surface area contributed by atoms with Crippen LogP contribution in [0, 0.1) is 0 Å². The number of rotatable bonds is 4. The minimum atomic E-state index is 0.851. The number of ether oxygens (including phenoxy) is 1. The first kappa shape index (κ1) is 11.0. The van der Waals surface area contributed by atoms with E-state index in [-0.39, 0.29) is 0 Å². The molecule has 0 saturated carbocycles. The average molecular weight is 219 g/mol. The second-order valence-electron chi connectivity index (χ2n) is 4.12. The van der Waals surface area contributed by atoms with Gasteiger partial charge in [0, 0.05) is 19.2 Å². The van der Waals surface area contributed by atoms with Gasteiger partial charge in [0.2, 0.25) is 0 Å². The number of imidazole rings is 1. The van der Waals surface area contributed by atoms with Crippen molar-refractivity contribution in [1.29, 1.82) is 0 Å². The van der Waals surface area contributed by atoms with Crippen LogP contribution in [-0.2, 0) is 6.42 Å². The van der Waals surface area contributed by atoms with Crippen LogP contribution in [0.5, 0.6) is 5.75 Å². The second-order valence-corrected chi connectivity index (χ2v) is 4.12. The number of aromatic nitrogens is 2. The van der Waals surface area contributed by atoms with Crippen molar-refractivity contribution in [2.75, 3.05) is 27.7 Å². The van der Waals surface area contributed by atoms with Gasteiger partial charge in [-0.1, -0.05) is 0 Å². The van der Waals surface area contributed by atoms with Gasteiger partial charge >= 0.3 is 0 Å². The van der Waals surface area contributed by atoms with Crippen LogP contribution >= 0.6 is 0 Å². The molecule has 0 saturated heterocycles. The van der Waals surface area contributed by atoms with Crippen LogP contribution < -0.4 is 4.74 Å². The van der Waals surface area contributed by atoms with Gasteiger partial charge in [-0.15, -0.1) is 0 Å². The predicted octanol–water partition coefficient (Wildman–Crippen LogP) is 1.45. The van der Waals surface area contributed by atoms with Crippen molar-refractivity contribution >= 4 is 5.65 Å². The van der Waals surface area contributed by atoms with Gasteiger partial charge in [0.25, 0.3) is 0 Å². The Balaban J connectivity index is 2.22. The summed E-state index contributed by atoms with van der Waals surface area (Å²) >= 11 is 0. The Morgan fingerprint density at radius 1 is 1.31 bits per heavy atom. The Bertz CT molecular complexity index is 476. The molecule has 0 atom stereocenters. The summed E-state index contributed by atoms with van der Waals surface area (Å²) in [5.41, 5.74) is 2.08. The molecule has 0 fully saturated rings. The molecule has 0 unspecified atom stereocenters. The van der Waals surface area contributed by atoms with Gasteiger partial charge in [-0.05, 0) is 26.2 Å². The first-order chi connectivity index (χ1) is 7.69. The minimum absolute atomic E-state index is 0.851. The van der Waals surface area contributed by atoms with Crippen LogP contribution in [0.2, 0.25) is 0 Å².